The fourth-order valence-corrected chi connectivity index (χ4v) is 2.09. The Balaban J connectivity index is 1.71. The summed E-state index contributed by atoms with van der Waals surface area (Å²) in [7, 11) is 0. The van der Waals surface area contributed by atoms with Gasteiger partial charge < -0.3 is 10.6 Å². The molecule has 2 aromatic rings. The van der Waals surface area contributed by atoms with Crippen molar-refractivity contribution in [2.75, 3.05) is 6.54 Å². The molecule has 2 rings (SSSR count). The summed E-state index contributed by atoms with van der Waals surface area (Å²) in [6.45, 7) is 2.82. The standard InChI is InChI=1S/C18H21N3O2/c1-2-14-6-8-15(9-7-14)13-21-18(23)17(22)20-12-10-16-5-3-4-11-19-16/h3-9,11H,2,10,12-13H2,1H3,(H,20,22)(H,21,23). The van der Waals surface area contributed by atoms with E-state index in [0.717, 1.165) is 17.7 Å². The molecule has 120 valence electrons. The van der Waals surface area contributed by atoms with Crippen molar-refractivity contribution >= 4 is 11.8 Å². The third-order valence-electron chi connectivity index (χ3n) is 3.48. The van der Waals surface area contributed by atoms with Gasteiger partial charge in [0.25, 0.3) is 0 Å². The van der Waals surface area contributed by atoms with Crippen LogP contribution in [0.5, 0.6) is 0 Å². The van der Waals surface area contributed by atoms with Crippen molar-refractivity contribution in [1.82, 2.24) is 15.6 Å². The second-order valence-corrected chi connectivity index (χ2v) is 5.18. The second-order valence-electron chi connectivity index (χ2n) is 5.18. The van der Waals surface area contributed by atoms with Crippen LogP contribution in [0.1, 0.15) is 23.7 Å². The van der Waals surface area contributed by atoms with Crippen molar-refractivity contribution < 1.29 is 9.59 Å². The number of carbonyl (C=O) groups is 2. The van der Waals surface area contributed by atoms with E-state index in [1.54, 1.807) is 6.20 Å². The molecule has 1 aromatic heterocycles. The zero-order valence-electron chi connectivity index (χ0n) is 13.2. The molecule has 0 atom stereocenters. The first-order chi connectivity index (χ1) is 11.2. The van der Waals surface area contributed by atoms with Gasteiger partial charge in [0.2, 0.25) is 0 Å². The lowest BCUT2D eigenvalue weighted by Crippen LogP contribution is -2.40. The number of aryl methyl sites for hydroxylation is 1. The van der Waals surface area contributed by atoms with E-state index in [4.69, 9.17) is 0 Å². The van der Waals surface area contributed by atoms with Crippen LogP contribution < -0.4 is 10.6 Å². The lowest BCUT2D eigenvalue weighted by Gasteiger charge is -2.07. The van der Waals surface area contributed by atoms with Crippen molar-refractivity contribution in [2.24, 2.45) is 0 Å². The summed E-state index contributed by atoms with van der Waals surface area (Å²) < 4.78 is 0. The fraction of sp³-hybridized carbons (Fsp3) is 0.278. The minimum atomic E-state index is -0.620. The van der Waals surface area contributed by atoms with Crippen molar-refractivity contribution in [3.8, 4) is 0 Å². The van der Waals surface area contributed by atoms with E-state index in [-0.39, 0.29) is 0 Å². The number of pyridine rings is 1. The Hall–Kier alpha value is -2.69. The van der Waals surface area contributed by atoms with Crippen LogP contribution in [0.4, 0.5) is 0 Å². The van der Waals surface area contributed by atoms with Crippen LogP contribution in [0, 0.1) is 0 Å². The number of hydrogen-bond donors (Lipinski definition) is 2. The topological polar surface area (TPSA) is 71.1 Å². The number of carbonyl (C=O) groups excluding carboxylic acids is 2. The Bertz CT molecular complexity index is 639. The van der Waals surface area contributed by atoms with Crippen molar-refractivity contribution in [3.05, 3.63) is 65.5 Å². The number of rotatable bonds is 6. The van der Waals surface area contributed by atoms with E-state index in [2.05, 4.69) is 22.5 Å². The summed E-state index contributed by atoms with van der Waals surface area (Å²) >= 11 is 0. The molecule has 0 saturated heterocycles. The molecule has 0 spiro atoms. The zero-order valence-corrected chi connectivity index (χ0v) is 13.2. The Morgan fingerprint density at radius 2 is 1.65 bits per heavy atom. The fourth-order valence-electron chi connectivity index (χ4n) is 2.09. The molecule has 0 bridgehead atoms. The maximum absolute atomic E-state index is 11.7. The van der Waals surface area contributed by atoms with Crippen LogP contribution in [0.2, 0.25) is 0 Å². The molecule has 23 heavy (non-hydrogen) atoms. The van der Waals surface area contributed by atoms with Crippen LogP contribution in [-0.4, -0.2) is 23.3 Å². The van der Waals surface area contributed by atoms with Gasteiger partial charge in [0.15, 0.2) is 0 Å². The van der Waals surface area contributed by atoms with Crippen molar-refractivity contribution in [2.45, 2.75) is 26.3 Å². The number of aromatic nitrogens is 1. The molecule has 0 radical (unpaired) electrons. The van der Waals surface area contributed by atoms with E-state index in [0.29, 0.717) is 19.5 Å². The first kappa shape index (κ1) is 16.7. The molecule has 5 heteroatoms. The summed E-state index contributed by atoms with van der Waals surface area (Å²) in [5.74, 6) is -1.24. The van der Waals surface area contributed by atoms with E-state index >= 15 is 0 Å². The zero-order chi connectivity index (χ0) is 16.5. The minimum Gasteiger partial charge on any atom is -0.347 e. The second kappa shape index (κ2) is 8.68. The predicted octanol–water partition coefficient (Wildman–Crippen LogP) is 1.62. The van der Waals surface area contributed by atoms with Crippen LogP contribution in [0.15, 0.2) is 48.7 Å². The summed E-state index contributed by atoms with van der Waals surface area (Å²) in [6, 6.07) is 13.6. The van der Waals surface area contributed by atoms with Crippen LogP contribution in [-0.2, 0) is 29.0 Å². The lowest BCUT2D eigenvalue weighted by molar-refractivity contribution is -0.139. The SMILES string of the molecule is CCc1ccc(CNC(=O)C(=O)NCCc2ccccn2)cc1. The molecular weight excluding hydrogens is 290 g/mol. The number of amides is 2. The van der Waals surface area contributed by atoms with Gasteiger partial charge >= 0.3 is 11.8 Å². The maximum atomic E-state index is 11.7. The van der Waals surface area contributed by atoms with Crippen LogP contribution >= 0.6 is 0 Å². The van der Waals surface area contributed by atoms with Crippen molar-refractivity contribution in [3.63, 3.8) is 0 Å². The first-order valence-corrected chi connectivity index (χ1v) is 7.72. The van der Waals surface area contributed by atoms with Gasteiger partial charge in [0.05, 0.1) is 0 Å². The van der Waals surface area contributed by atoms with Gasteiger partial charge in [-0.1, -0.05) is 37.3 Å². The van der Waals surface area contributed by atoms with Crippen molar-refractivity contribution in [1.29, 1.82) is 0 Å². The van der Waals surface area contributed by atoms with E-state index in [1.165, 1.54) is 5.56 Å². The molecule has 5 nitrogen and oxygen atoms in total. The number of nitrogens with zero attached hydrogens (tertiary/aromatic N) is 1. The third-order valence-corrected chi connectivity index (χ3v) is 3.48. The minimum absolute atomic E-state index is 0.344. The molecule has 0 unspecified atom stereocenters. The third kappa shape index (κ3) is 5.54. The van der Waals surface area contributed by atoms with E-state index in [1.807, 2.05) is 42.5 Å². The molecule has 2 N–H and O–H groups in total. The van der Waals surface area contributed by atoms with Gasteiger partial charge in [0, 0.05) is 31.4 Å². The lowest BCUT2D eigenvalue weighted by atomic mass is 10.1. The Morgan fingerprint density at radius 1 is 0.957 bits per heavy atom. The quantitative estimate of drug-likeness (QED) is 0.796. The Kier molecular flexibility index (Phi) is 6.29. The summed E-state index contributed by atoms with van der Waals surface area (Å²) in [6.07, 6.45) is 3.28. The van der Waals surface area contributed by atoms with Gasteiger partial charge in [-0.05, 0) is 29.7 Å². The molecule has 1 aromatic carbocycles. The maximum Gasteiger partial charge on any atom is 0.309 e. The molecule has 0 saturated carbocycles. The molecule has 0 aliphatic carbocycles. The Labute approximate surface area is 136 Å². The van der Waals surface area contributed by atoms with Gasteiger partial charge in [0.1, 0.15) is 0 Å². The highest BCUT2D eigenvalue weighted by Gasteiger charge is 2.12. The molecule has 0 aliphatic rings. The smallest absolute Gasteiger partial charge is 0.309 e. The highest BCUT2D eigenvalue weighted by molar-refractivity contribution is 6.35. The number of benzene rings is 1. The predicted molar refractivity (Wildman–Crippen MR) is 88.6 cm³/mol. The average Bonchev–Trinajstić information content (AvgIpc) is 2.61. The van der Waals surface area contributed by atoms with Gasteiger partial charge in [-0.25, -0.2) is 0 Å². The highest BCUT2D eigenvalue weighted by Crippen LogP contribution is 2.04. The summed E-state index contributed by atoms with van der Waals surface area (Å²) in [5.41, 5.74) is 3.09. The van der Waals surface area contributed by atoms with Gasteiger partial charge in [-0.3, -0.25) is 14.6 Å². The molecule has 1 heterocycles. The average molecular weight is 311 g/mol. The summed E-state index contributed by atoms with van der Waals surface area (Å²) in [5, 5.41) is 5.21. The molecule has 0 fully saturated rings. The van der Waals surface area contributed by atoms with Crippen LogP contribution in [0.3, 0.4) is 0 Å². The number of nitrogens with one attached hydrogen (secondary N) is 2. The van der Waals surface area contributed by atoms with E-state index in [9.17, 15) is 9.59 Å². The largest absolute Gasteiger partial charge is 0.347 e. The van der Waals surface area contributed by atoms with Gasteiger partial charge in [-0.2, -0.15) is 0 Å². The molecular formula is C18H21N3O2. The van der Waals surface area contributed by atoms with Crippen LogP contribution in [0.25, 0.3) is 0 Å². The number of hydrogen-bond acceptors (Lipinski definition) is 3. The Morgan fingerprint density at radius 3 is 2.30 bits per heavy atom. The molecule has 2 amide bonds. The monoisotopic (exact) mass is 311 g/mol. The van der Waals surface area contributed by atoms with E-state index < -0.39 is 11.8 Å². The summed E-state index contributed by atoms with van der Waals surface area (Å²) in [4.78, 5) is 27.6. The van der Waals surface area contributed by atoms with Gasteiger partial charge in [-0.15, -0.1) is 0 Å². The first-order valence-electron chi connectivity index (χ1n) is 7.72. The normalized spacial score (nSPS) is 10.1. The highest BCUT2D eigenvalue weighted by atomic mass is 16.2. The molecule has 0 aliphatic heterocycles.